The van der Waals surface area contributed by atoms with E-state index in [9.17, 15) is 0 Å². The van der Waals surface area contributed by atoms with Gasteiger partial charge in [-0.25, -0.2) is 4.98 Å². The Morgan fingerprint density at radius 1 is 1.83 bits per heavy atom. The highest BCUT2D eigenvalue weighted by Crippen LogP contribution is 1.63. The Labute approximate surface area is 35.6 Å². The van der Waals surface area contributed by atoms with Gasteiger partial charge >= 0.3 is 0 Å². The average Bonchev–Trinajstić information content (AvgIpc) is 1.86. The topological polar surface area (TPSA) is 30.7 Å². The van der Waals surface area contributed by atoms with Crippen LogP contribution < -0.4 is 0 Å². The predicted octanol–water partition coefficient (Wildman–Crippen LogP) is -0.385. The zero-order valence-electron chi connectivity index (χ0n) is 3.42. The van der Waals surface area contributed by atoms with Crippen LogP contribution in [0.15, 0.2) is 6.33 Å². The maximum absolute atomic E-state index is 3.60. The van der Waals surface area contributed by atoms with Crippen LogP contribution in [0.1, 0.15) is 0 Å². The molecule has 6 heavy (non-hydrogen) atoms. The summed E-state index contributed by atoms with van der Waals surface area (Å²) in [4.78, 5) is 3.55. The molecule has 0 aliphatic carbocycles. The normalized spacial score (nSPS) is 8.83. The molecular formula is C3H4N3. The molecule has 0 aliphatic rings. The molecule has 1 rings (SSSR count). The third kappa shape index (κ3) is 0.381. The zero-order chi connectivity index (χ0) is 4.41. The maximum atomic E-state index is 3.60. The highest BCUT2D eigenvalue weighted by Gasteiger charge is 1.72. The lowest BCUT2D eigenvalue weighted by Gasteiger charge is -1.74. The van der Waals surface area contributed by atoms with Crippen molar-refractivity contribution in [2.75, 3.05) is 0 Å². The van der Waals surface area contributed by atoms with E-state index < -0.39 is 0 Å². The van der Waals surface area contributed by atoms with E-state index in [0.717, 1.165) is 0 Å². The summed E-state index contributed by atoms with van der Waals surface area (Å²) in [6.45, 7) is 0. The van der Waals surface area contributed by atoms with Gasteiger partial charge in [0, 0.05) is 7.05 Å². The summed E-state index contributed by atoms with van der Waals surface area (Å²) in [5.41, 5.74) is 0. The number of nitrogens with zero attached hydrogens (tertiary/aromatic N) is 3. The number of aromatic nitrogens is 3. The van der Waals surface area contributed by atoms with E-state index in [-0.39, 0.29) is 0 Å². The Morgan fingerprint density at radius 3 is 2.83 bits per heavy atom. The first-order valence-electron chi connectivity index (χ1n) is 1.61. The SMILES string of the molecule is Cn1cn[c]n1. The second kappa shape index (κ2) is 1.08. The van der Waals surface area contributed by atoms with Gasteiger partial charge in [-0.05, 0) is 0 Å². The molecule has 0 aliphatic heterocycles. The molecule has 1 radical (unpaired) electrons. The van der Waals surface area contributed by atoms with Gasteiger partial charge in [0.15, 0.2) is 0 Å². The van der Waals surface area contributed by atoms with Gasteiger partial charge in [-0.1, -0.05) is 0 Å². The fourth-order valence-electron chi connectivity index (χ4n) is 0.232. The molecule has 1 heterocycles. The van der Waals surface area contributed by atoms with Crippen molar-refractivity contribution in [3.05, 3.63) is 12.7 Å². The fourth-order valence-corrected chi connectivity index (χ4v) is 0.232. The van der Waals surface area contributed by atoms with Crippen molar-refractivity contribution in [3.8, 4) is 0 Å². The molecule has 3 heteroatoms. The third-order valence-corrected chi connectivity index (χ3v) is 0.485. The summed E-state index contributed by atoms with van der Waals surface area (Å²) >= 11 is 0. The van der Waals surface area contributed by atoms with Crippen LogP contribution in [0.3, 0.4) is 0 Å². The number of hydrogen-bond acceptors (Lipinski definition) is 2. The zero-order valence-corrected chi connectivity index (χ0v) is 3.42. The fraction of sp³-hybridized carbons (Fsp3) is 0.333. The van der Waals surface area contributed by atoms with Gasteiger partial charge in [0.1, 0.15) is 6.33 Å². The van der Waals surface area contributed by atoms with Crippen LogP contribution in [0.5, 0.6) is 0 Å². The largest absolute Gasteiger partial charge is 0.255 e. The van der Waals surface area contributed by atoms with Crippen molar-refractivity contribution in [2.24, 2.45) is 7.05 Å². The molecule has 0 aromatic carbocycles. The second-order valence-electron chi connectivity index (χ2n) is 1.02. The lowest BCUT2D eigenvalue weighted by molar-refractivity contribution is 0.764. The molecule has 0 saturated carbocycles. The summed E-state index contributed by atoms with van der Waals surface area (Å²) in [6, 6.07) is 0. The number of rotatable bonds is 0. The van der Waals surface area contributed by atoms with Crippen molar-refractivity contribution >= 4 is 0 Å². The first kappa shape index (κ1) is 3.33. The van der Waals surface area contributed by atoms with Crippen LogP contribution in [-0.2, 0) is 7.05 Å². The Morgan fingerprint density at radius 2 is 2.67 bits per heavy atom. The van der Waals surface area contributed by atoms with E-state index in [1.807, 2.05) is 0 Å². The van der Waals surface area contributed by atoms with Gasteiger partial charge in [0.25, 0.3) is 0 Å². The van der Waals surface area contributed by atoms with Gasteiger partial charge < -0.3 is 0 Å². The third-order valence-electron chi connectivity index (χ3n) is 0.485. The van der Waals surface area contributed by atoms with Crippen LogP contribution in [0.4, 0.5) is 0 Å². The van der Waals surface area contributed by atoms with E-state index in [4.69, 9.17) is 0 Å². The molecule has 0 amide bonds. The molecule has 0 N–H and O–H groups in total. The van der Waals surface area contributed by atoms with Gasteiger partial charge in [-0.3, -0.25) is 4.68 Å². The van der Waals surface area contributed by atoms with E-state index in [0.29, 0.717) is 0 Å². The Hall–Kier alpha value is -0.860. The van der Waals surface area contributed by atoms with Crippen LogP contribution in [0, 0.1) is 6.33 Å². The monoisotopic (exact) mass is 82.0 g/mol. The molecule has 0 saturated heterocycles. The molecule has 0 unspecified atom stereocenters. The lowest BCUT2D eigenvalue weighted by Crippen LogP contribution is -1.83. The summed E-state index contributed by atoms with van der Waals surface area (Å²) in [7, 11) is 1.80. The molecule has 0 spiro atoms. The molecule has 3 nitrogen and oxygen atoms in total. The van der Waals surface area contributed by atoms with Crippen molar-refractivity contribution in [2.45, 2.75) is 0 Å². The molecule has 0 bridgehead atoms. The number of hydrogen-bond donors (Lipinski definition) is 0. The summed E-state index contributed by atoms with van der Waals surface area (Å²) in [5.74, 6) is 0. The average molecular weight is 82.1 g/mol. The van der Waals surface area contributed by atoms with Crippen molar-refractivity contribution < 1.29 is 0 Å². The lowest BCUT2D eigenvalue weighted by atomic mass is 11.2. The summed E-state index contributed by atoms with van der Waals surface area (Å²) < 4.78 is 1.58. The number of aryl methyl sites for hydroxylation is 1. The second-order valence-corrected chi connectivity index (χ2v) is 1.02. The minimum absolute atomic E-state index is 1.58. The highest BCUT2D eigenvalue weighted by molar-refractivity contribution is 4.47. The van der Waals surface area contributed by atoms with Crippen LogP contribution in [-0.4, -0.2) is 14.8 Å². The van der Waals surface area contributed by atoms with E-state index in [1.54, 1.807) is 18.1 Å². The van der Waals surface area contributed by atoms with Gasteiger partial charge in [0.05, 0.1) is 0 Å². The summed E-state index contributed by atoms with van der Waals surface area (Å²) in [6.07, 6.45) is 3.98. The molecule has 31 valence electrons. The van der Waals surface area contributed by atoms with Crippen LogP contribution >= 0.6 is 0 Å². The Balaban J connectivity index is 3.05. The molecular weight excluding hydrogens is 78.1 g/mol. The van der Waals surface area contributed by atoms with Gasteiger partial charge in [-0.2, -0.15) is 0 Å². The van der Waals surface area contributed by atoms with Gasteiger partial charge in [-0.15, -0.1) is 5.10 Å². The molecule has 1 aromatic heterocycles. The van der Waals surface area contributed by atoms with Crippen LogP contribution in [0.2, 0.25) is 0 Å². The minimum Gasteiger partial charge on any atom is -0.255 e. The van der Waals surface area contributed by atoms with E-state index in [2.05, 4.69) is 16.4 Å². The first-order chi connectivity index (χ1) is 2.89. The van der Waals surface area contributed by atoms with Crippen molar-refractivity contribution in [1.82, 2.24) is 14.8 Å². The molecule has 1 aromatic rings. The molecule has 0 atom stereocenters. The molecule has 0 fully saturated rings. The van der Waals surface area contributed by atoms with Crippen molar-refractivity contribution in [3.63, 3.8) is 0 Å². The highest BCUT2D eigenvalue weighted by atomic mass is 15.3. The van der Waals surface area contributed by atoms with Gasteiger partial charge in [0.2, 0.25) is 6.33 Å². The van der Waals surface area contributed by atoms with E-state index in [1.165, 1.54) is 0 Å². The van der Waals surface area contributed by atoms with Crippen molar-refractivity contribution in [1.29, 1.82) is 0 Å². The smallest absolute Gasteiger partial charge is 0.220 e. The maximum Gasteiger partial charge on any atom is 0.220 e. The minimum atomic E-state index is 1.58. The Kier molecular flexibility index (Phi) is 0.602. The van der Waals surface area contributed by atoms with E-state index >= 15 is 0 Å². The standard InChI is InChI=1S/C3H4N3/c1-6-3-4-2-5-6/h3H,1H3. The summed E-state index contributed by atoms with van der Waals surface area (Å²) in [5, 5.41) is 3.60. The Bertz CT molecular complexity index is 110. The quantitative estimate of drug-likeness (QED) is 0.427. The first-order valence-corrected chi connectivity index (χ1v) is 1.61. The predicted molar refractivity (Wildman–Crippen MR) is 19.8 cm³/mol. The van der Waals surface area contributed by atoms with Crippen LogP contribution in [0.25, 0.3) is 0 Å².